The van der Waals surface area contributed by atoms with Gasteiger partial charge in [-0.3, -0.25) is 9.36 Å². The van der Waals surface area contributed by atoms with E-state index in [1.807, 2.05) is 59.2 Å². The number of nitrogens with one attached hydrogen (secondary N) is 1. The van der Waals surface area contributed by atoms with E-state index in [-0.39, 0.29) is 11.9 Å². The summed E-state index contributed by atoms with van der Waals surface area (Å²) in [5.74, 6) is 2.27. The van der Waals surface area contributed by atoms with Gasteiger partial charge in [0.05, 0.1) is 18.0 Å². The fourth-order valence-corrected chi connectivity index (χ4v) is 5.48. The lowest BCUT2D eigenvalue weighted by Gasteiger charge is -2.19. The van der Waals surface area contributed by atoms with Crippen LogP contribution < -0.4 is 5.32 Å². The lowest BCUT2D eigenvalue weighted by Crippen LogP contribution is -2.29. The van der Waals surface area contributed by atoms with Gasteiger partial charge in [-0.2, -0.15) is 0 Å². The topological polar surface area (TPSA) is 73.0 Å². The highest BCUT2D eigenvalue weighted by atomic mass is 32.2. The molecule has 2 aromatic heterocycles. The van der Waals surface area contributed by atoms with Gasteiger partial charge in [0.15, 0.2) is 10.9 Å². The predicted molar refractivity (Wildman–Crippen MR) is 156 cm³/mol. The molecule has 0 saturated carbocycles. The quantitative estimate of drug-likeness (QED) is 0.135. The summed E-state index contributed by atoms with van der Waals surface area (Å²) in [4.78, 5) is 12.9. The maximum absolute atomic E-state index is 12.9. The molecule has 0 fully saturated rings. The Morgan fingerprint density at radius 1 is 0.923 bits per heavy atom. The highest BCUT2D eigenvalue weighted by Crippen LogP contribution is 2.29. The van der Waals surface area contributed by atoms with Gasteiger partial charge in [0.2, 0.25) is 11.7 Å². The summed E-state index contributed by atoms with van der Waals surface area (Å²) in [6, 6.07) is 32.4. The van der Waals surface area contributed by atoms with E-state index in [4.69, 9.17) is 4.42 Å². The van der Waals surface area contributed by atoms with E-state index in [0.717, 1.165) is 47.0 Å². The molecule has 1 N–H and O–H groups in total. The van der Waals surface area contributed by atoms with E-state index in [2.05, 4.69) is 64.9 Å². The van der Waals surface area contributed by atoms with E-state index in [0.29, 0.717) is 18.0 Å². The van der Waals surface area contributed by atoms with Crippen LogP contribution in [0.4, 0.5) is 0 Å². The standard InChI is InChI=1S/C32H32N4O2S/c1-24-12-10-17-27(22-24)36-31(29-18-11-20-38-29)34-35-32(36)39-21-9-8-19-30(37)33-28(26-15-6-3-7-16-26)23-25-13-4-2-5-14-25/h2-7,10-18,20,22,28H,8-9,19,21,23H2,1H3,(H,33,37). The molecule has 5 rings (SSSR count). The van der Waals surface area contributed by atoms with Crippen molar-refractivity contribution in [3.8, 4) is 17.3 Å². The molecule has 1 amide bonds. The second kappa shape index (κ2) is 13.1. The Kier molecular flexibility index (Phi) is 8.91. The minimum absolute atomic E-state index is 0.0524. The van der Waals surface area contributed by atoms with E-state index >= 15 is 0 Å². The van der Waals surface area contributed by atoms with Crippen LogP contribution in [0.15, 0.2) is 113 Å². The average molecular weight is 537 g/mol. The van der Waals surface area contributed by atoms with Gasteiger partial charge in [0.25, 0.3) is 0 Å². The first-order valence-corrected chi connectivity index (χ1v) is 14.2. The molecule has 2 heterocycles. The molecular formula is C32H32N4O2S. The average Bonchev–Trinajstić information content (AvgIpc) is 3.64. The molecule has 0 aliphatic rings. The van der Waals surface area contributed by atoms with Crippen molar-refractivity contribution in [2.75, 3.05) is 5.75 Å². The van der Waals surface area contributed by atoms with Crippen molar-refractivity contribution >= 4 is 17.7 Å². The SMILES string of the molecule is Cc1cccc(-n2c(SCCCCC(=O)NC(Cc3ccccc3)c3ccccc3)nnc2-c2ccco2)c1. The number of hydrogen-bond donors (Lipinski definition) is 1. The normalized spacial score (nSPS) is 11.8. The number of aromatic nitrogens is 3. The van der Waals surface area contributed by atoms with Crippen LogP contribution >= 0.6 is 11.8 Å². The minimum atomic E-state index is -0.0524. The number of amides is 1. The van der Waals surface area contributed by atoms with Gasteiger partial charge in [-0.1, -0.05) is 84.6 Å². The lowest BCUT2D eigenvalue weighted by atomic mass is 9.98. The first kappa shape index (κ1) is 26.5. The predicted octanol–water partition coefficient (Wildman–Crippen LogP) is 7.20. The van der Waals surface area contributed by atoms with Crippen molar-refractivity contribution < 1.29 is 9.21 Å². The third-order valence-corrected chi connectivity index (χ3v) is 7.50. The van der Waals surface area contributed by atoms with Crippen LogP contribution in [0, 0.1) is 6.92 Å². The zero-order chi connectivity index (χ0) is 26.9. The summed E-state index contributed by atoms with van der Waals surface area (Å²) in [5.41, 5.74) is 4.48. The van der Waals surface area contributed by atoms with E-state index in [9.17, 15) is 4.79 Å². The molecule has 198 valence electrons. The van der Waals surface area contributed by atoms with Crippen molar-refractivity contribution in [2.24, 2.45) is 0 Å². The molecule has 0 spiro atoms. The van der Waals surface area contributed by atoms with Crippen LogP contribution in [0.3, 0.4) is 0 Å². The fourth-order valence-electron chi connectivity index (χ4n) is 4.53. The molecule has 3 aromatic carbocycles. The number of benzene rings is 3. The Hall–Kier alpha value is -4.10. The number of rotatable bonds is 12. The number of unbranched alkanes of at least 4 members (excludes halogenated alkanes) is 1. The van der Waals surface area contributed by atoms with Gasteiger partial charge >= 0.3 is 0 Å². The van der Waals surface area contributed by atoms with Crippen LogP contribution in [-0.4, -0.2) is 26.4 Å². The molecule has 1 unspecified atom stereocenters. The third kappa shape index (κ3) is 7.06. The summed E-state index contributed by atoms with van der Waals surface area (Å²) in [6.07, 6.45) is 4.59. The Bertz CT molecular complexity index is 1470. The summed E-state index contributed by atoms with van der Waals surface area (Å²) >= 11 is 1.65. The Morgan fingerprint density at radius 2 is 1.72 bits per heavy atom. The van der Waals surface area contributed by atoms with Crippen molar-refractivity contribution in [2.45, 2.75) is 43.8 Å². The zero-order valence-corrected chi connectivity index (χ0v) is 22.8. The number of aryl methyl sites for hydroxylation is 1. The van der Waals surface area contributed by atoms with E-state index in [1.54, 1.807) is 18.0 Å². The molecule has 0 bridgehead atoms. The molecular weight excluding hydrogens is 504 g/mol. The smallest absolute Gasteiger partial charge is 0.220 e. The molecule has 6 nitrogen and oxygen atoms in total. The van der Waals surface area contributed by atoms with Gasteiger partial charge in [-0.15, -0.1) is 10.2 Å². The van der Waals surface area contributed by atoms with Crippen LogP contribution in [0.5, 0.6) is 0 Å². The van der Waals surface area contributed by atoms with Crippen LogP contribution in [0.25, 0.3) is 17.3 Å². The number of hydrogen-bond acceptors (Lipinski definition) is 5. The maximum Gasteiger partial charge on any atom is 0.220 e. The molecule has 5 aromatic rings. The second-order valence-corrected chi connectivity index (χ2v) is 10.5. The maximum atomic E-state index is 12.9. The Balaban J connectivity index is 1.17. The summed E-state index contributed by atoms with van der Waals surface area (Å²) < 4.78 is 7.66. The largest absolute Gasteiger partial charge is 0.461 e. The van der Waals surface area contributed by atoms with E-state index in [1.165, 1.54) is 5.56 Å². The molecule has 0 aliphatic heterocycles. The first-order valence-electron chi connectivity index (χ1n) is 13.2. The second-order valence-electron chi connectivity index (χ2n) is 9.48. The first-order chi connectivity index (χ1) is 19.2. The Labute approximate surface area is 233 Å². The minimum Gasteiger partial charge on any atom is -0.461 e. The molecule has 0 aliphatic carbocycles. The van der Waals surface area contributed by atoms with Crippen molar-refractivity contribution in [3.05, 3.63) is 120 Å². The third-order valence-electron chi connectivity index (χ3n) is 6.48. The van der Waals surface area contributed by atoms with Crippen molar-refractivity contribution in [3.63, 3.8) is 0 Å². The summed E-state index contributed by atoms with van der Waals surface area (Å²) in [5, 5.41) is 13.0. The monoisotopic (exact) mass is 536 g/mol. The summed E-state index contributed by atoms with van der Waals surface area (Å²) in [6.45, 7) is 2.07. The van der Waals surface area contributed by atoms with Crippen molar-refractivity contribution in [1.29, 1.82) is 0 Å². The number of thioether (sulfide) groups is 1. The van der Waals surface area contributed by atoms with Crippen LogP contribution in [0.1, 0.15) is 42.0 Å². The highest BCUT2D eigenvalue weighted by Gasteiger charge is 2.19. The lowest BCUT2D eigenvalue weighted by molar-refractivity contribution is -0.121. The number of furan rings is 1. The van der Waals surface area contributed by atoms with Crippen LogP contribution in [-0.2, 0) is 11.2 Å². The highest BCUT2D eigenvalue weighted by molar-refractivity contribution is 7.99. The molecule has 0 saturated heterocycles. The molecule has 39 heavy (non-hydrogen) atoms. The summed E-state index contributed by atoms with van der Waals surface area (Å²) in [7, 11) is 0. The molecule has 1 atom stereocenters. The Morgan fingerprint density at radius 3 is 2.46 bits per heavy atom. The zero-order valence-electron chi connectivity index (χ0n) is 22.0. The molecule has 0 radical (unpaired) electrons. The van der Waals surface area contributed by atoms with Crippen molar-refractivity contribution in [1.82, 2.24) is 20.1 Å². The van der Waals surface area contributed by atoms with Gasteiger partial charge in [0, 0.05) is 12.2 Å². The number of carbonyl (C=O) groups excluding carboxylic acids is 1. The molecule has 7 heteroatoms. The van der Waals surface area contributed by atoms with Gasteiger partial charge < -0.3 is 9.73 Å². The fraction of sp³-hybridized carbons (Fsp3) is 0.219. The van der Waals surface area contributed by atoms with Crippen LogP contribution in [0.2, 0.25) is 0 Å². The van der Waals surface area contributed by atoms with Gasteiger partial charge in [0.1, 0.15) is 0 Å². The number of nitrogens with zero attached hydrogens (tertiary/aromatic N) is 3. The van der Waals surface area contributed by atoms with E-state index < -0.39 is 0 Å². The number of carbonyl (C=O) groups is 1. The van der Waals surface area contributed by atoms with Gasteiger partial charge in [-0.25, -0.2) is 0 Å². The van der Waals surface area contributed by atoms with Gasteiger partial charge in [-0.05, 0) is 67.1 Å².